The first-order valence-electron chi connectivity index (χ1n) is 11.8. The van der Waals surface area contributed by atoms with Crippen molar-refractivity contribution in [1.82, 2.24) is 19.8 Å². The molecule has 0 unspecified atom stereocenters. The van der Waals surface area contributed by atoms with Crippen molar-refractivity contribution in [2.24, 2.45) is 5.92 Å². The quantitative estimate of drug-likeness (QED) is 0.681. The van der Waals surface area contributed by atoms with E-state index < -0.39 is 17.8 Å². The molecule has 0 radical (unpaired) electrons. The molecule has 33 heavy (non-hydrogen) atoms. The van der Waals surface area contributed by atoms with Crippen LogP contribution in [0.1, 0.15) is 52.0 Å². The van der Waals surface area contributed by atoms with Gasteiger partial charge in [0.2, 0.25) is 5.91 Å². The summed E-state index contributed by atoms with van der Waals surface area (Å²) >= 11 is 0. The van der Waals surface area contributed by atoms with Gasteiger partial charge in [0.1, 0.15) is 18.2 Å². The van der Waals surface area contributed by atoms with E-state index in [1.54, 1.807) is 0 Å². The number of hydrogen-bond donors (Lipinski definition) is 1. The minimum Gasteiger partial charge on any atom is -0.358 e. The molecule has 4 rings (SSSR count). The normalized spacial score (nSPS) is 24.8. The van der Waals surface area contributed by atoms with Crippen LogP contribution in [0.2, 0.25) is 0 Å². The Morgan fingerprint density at radius 1 is 1.18 bits per heavy atom. The molecule has 1 N–H and O–H groups in total. The van der Waals surface area contributed by atoms with Crippen molar-refractivity contribution in [1.29, 1.82) is 0 Å². The maximum atomic E-state index is 13.4. The van der Waals surface area contributed by atoms with E-state index >= 15 is 0 Å². The summed E-state index contributed by atoms with van der Waals surface area (Å²) in [7, 11) is 0. The number of halogens is 3. The Morgan fingerprint density at radius 2 is 1.97 bits per heavy atom. The van der Waals surface area contributed by atoms with E-state index in [0.717, 1.165) is 44.5 Å². The summed E-state index contributed by atoms with van der Waals surface area (Å²) < 4.78 is 39.7. The molecule has 9 heteroatoms. The van der Waals surface area contributed by atoms with Crippen molar-refractivity contribution >= 4 is 22.6 Å². The Balaban J connectivity index is 1.52. The molecule has 3 heterocycles. The van der Waals surface area contributed by atoms with E-state index in [0.29, 0.717) is 30.4 Å². The number of amides is 1. The highest BCUT2D eigenvalue weighted by Crippen LogP contribution is 2.34. The van der Waals surface area contributed by atoms with E-state index in [1.807, 2.05) is 4.90 Å². The van der Waals surface area contributed by atoms with Crippen LogP contribution in [-0.2, 0) is 11.0 Å². The molecular weight excluding hydrogens is 431 g/mol. The zero-order chi connectivity index (χ0) is 23.8. The highest BCUT2D eigenvalue weighted by atomic mass is 19.4. The fourth-order valence-electron chi connectivity index (χ4n) is 5.26. The third-order valence-electron chi connectivity index (χ3n) is 7.03. The average Bonchev–Trinajstić information content (AvgIpc) is 3.13. The first-order chi connectivity index (χ1) is 15.7. The van der Waals surface area contributed by atoms with Crippen LogP contribution >= 0.6 is 0 Å². The average molecular weight is 464 g/mol. The summed E-state index contributed by atoms with van der Waals surface area (Å²) in [5.41, 5.74) is -0.349. The van der Waals surface area contributed by atoms with E-state index in [-0.39, 0.29) is 23.2 Å². The van der Waals surface area contributed by atoms with Crippen LogP contribution in [0.4, 0.5) is 19.0 Å². The molecule has 2 aliphatic heterocycles. The summed E-state index contributed by atoms with van der Waals surface area (Å²) in [6, 6.07) is 3.60. The van der Waals surface area contributed by atoms with E-state index in [2.05, 4.69) is 41.0 Å². The molecular formula is C24H32F3N5O. The van der Waals surface area contributed by atoms with Gasteiger partial charge in [-0.05, 0) is 57.2 Å². The van der Waals surface area contributed by atoms with Gasteiger partial charge in [-0.15, -0.1) is 0 Å². The predicted molar refractivity (Wildman–Crippen MR) is 122 cm³/mol. The van der Waals surface area contributed by atoms with Gasteiger partial charge < -0.3 is 15.1 Å². The molecule has 0 aliphatic carbocycles. The molecule has 1 aromatic heterocycles. The lowest BCUT2D eigenvalue weighted by atomic mass is 9.86. The highest BCUT2D eigenvalue weighted by molar-refractivity contribution is 5.93. The number of nitrogens with one attached hydrogen (secondary N) is 1. The number of carbonyl (C=O) groups excluding carboxylic acids is 1. The summed E-state index contributed by atoms with van der Waals surface area (Å²) in [5, 5.41) is 3.41. The van der Waals surface area contributed by atoms with Crippen LogP contribution in [0, 0.1) is 5.92 Å². The van der Waals surface area contributed by atoms with E-state index in [9.17, 15) is 18.0 Å². The molecule has 1 amide bonds. The number of hydrogen-bond acceptors (Lipinski definition) is 5. The first-order valence-corrected chi connectivity index (χ1v) is 11.8. The van der Waals surface area contributed by atoms with Gasteiger partial charge in [0.25, 0.3) is 0 Å². The van der Waals surface area contributed by atoms with Crippen molar-refractivity contribution in [3.8, 4) is 0 Å². The Hall–Kier alpha value is -2.42. The molecule has 2 aromatic rings. The number of aromatic nitrogens is 2. The molecule has 0 spiro atoms. The van der Waals surface area contributed by atoms with Crippen LogP contribution in [-0.4, -0.2) is 63.4 Å². The van der Waals surface area contributed by atoms with E-state index in [1.165, 1.54) is 12.4 Å². The van der Waals surface area contributed by atoms with Crippen LogP contribution in [0.15, 0.2) is 24.5 Å². The second-order valence-corrected chi connectivity index (χ2v) is 9.46. The van der Waals surface area contributed by atoms with Crippen molar-refractivity contribution in [3.05, 3.63) is 30.1 Å². The largest absolute Gasteiger partial charge is 0.416 e. The van der Waals surface area contributed by atoms with Crippen molar-refractivity contribution < 1.29 is 18.0 Å². The first kappa shape index (κ1) is 23.7. The van der Waals surface area contributed by atoms with Gasteiger partial charge in [0, 0.05) is 37.1 Å². The number of anilines is 1. The van der Waals surface area contributed by atoms with Crippen molar-refractivity contribution in [3.63, 3.8) is 0 Å². The smallest absolute Gasteiger partial charge is 0.358 e. The zero-order valence-electron chi connectivity index (χ0n) is 19.4. The van der Waals surface area contributed by atoms with Gasteiger partial charge in [-0.25, -0.2) is 9.97 Å². The third kappa shape index (κ3) is 4.93. The molecule has 2 saturated heterocycles. The lowest BCUT2D eigenvalue weighted by Crippen LogP contribution is -2.53. The van der Waals surface area contributed by atoms with Crippen molar-refractivity contribution in [2.45, 2.75) is 70.8 Å². The number of benzene rings is 1. The Labute approximate surface area is 192 Å². The molecule has 3 atom stereocenters. The fourth-order valence-corrected chi connectivity index (χ4v) is 5.26. The Morgan fingerprint density at radius 3 is 2.67 bits per heavy atom. The molecule has 1 aromatic carbocycles. The minimum absolute atomic E-state index is 0.0119. The SMILES string of the molecule is CCC[C@@H]1CN(C(C)C)CC[C@@H]1N1CC[C@H](Nc2ncnc3ccc(C(F)(F)F)cc23)C1=O. The summed E-state index contributed by atoms with van der Waals surface area (Å²) in [6.07, 6.45) is 0.561. The second kappa shape index (κ2) is 9.44. The molecule has 0 bridgehead atoms. The maximum Gasteiger partial charge on any atom is 0.416 e. The number of piperidine rings is 1. The van der Waals surface area contributed by atoms with Crippen LogP contribution in [0.5, 0.6) is 0 Å². The van der Waals surface area contributed by atoms with Gasteiger partial charge in [-0.1, -0.05) is 13.3 Å². The lowest BCUT2D eigenvalue weighted by Gasteiger charge is -2.44. The van der Waals surface area contributed by atoms with Crippen molar-refractivity contribution in [2.75, 3.05) is 25.0 Å². The zero-order valence-corrected chi connectivity index (χ0v) is 19.4. The maximum absolute atomic E-state index is 13.4. The Kier molecular flexibility index (Phi) is 6.79. The fraction of sp³-hybridized carbons (Fsp3) is 0.625. The van der Waals surface area contributed by atoms with Crippen LogP contribution in [0.25, 0.3) is 10.9 Å². The predicted octanol–water partition coefficient (Wildman–Crippen LogP) is 4.56. The van der Waals surface area contributed by atoms with Gasteiger partial charge >= 0.3 is 6.18 Å². The molecule has 6 nitrogen and oxygen atoms in total. The van der Waals surface area contributed by atoms with Gasteiger partial charge in [0.05, 0.1) is 11.1 Å². The monoisotopic (exact) mass is 463 g/mol. The van der Waals surface area contributed by atoms with Crippen LogP contribution in [0.3, 0.4) is 0 Å². The van der Waals surface area contributed by atoms with Crippen LogP contribution < -0.4 is 5.32 Å². The number of likely N-dealkylation sites (tertiary alicyclic amines) is 2. The van der Waals surface area contributed by atoms with Gasteiger partial charge in [0.15, 0.2) is 0 Å². The number of rotatable bonds is 6. The molecule has 0 saturated carbocycles. The van der Waals surface area contributed by atoms with Gasteiger partial charge in [-0.2, -0.15) is 13.2 Å². The number of nitrogens with zero attached hydrogens (tertiary/aromatic N) is 4. The Bertz CT molecular complexity index is 996. The second-order valence-electron chi connectivity index (χ2n) is 9.46. The molecule has 180 valence electrons. The minimum atomic E-state index is -4.46. The highest BCUT2D eigenvalue weighted by Gasteiger charge is 2.41. The third-order valence-corrected chi connectivity index (χ3v) is 7.03. The topological polar surface area (TPSA) is 61.4 Å². The lowest BCUT2D eigenvalue weighted by molar-refractivity contribution is -0.137. The van der Waals surface area contributed by atoms with Gasteiger partial charge in [-0.3, -0.25) is 4.79 Å². The summed E-state index contributed by atoms with van der Waals surface area (Å²) in [4.78, 5) is 26.1. The summed E-state index contributed by atoms with van der Waals surface area (Å²) in [6.45, 7) is 9.22. The number of carbonyl (C=O) groups is 1. The molecule has 2 fully saturated rings. The summed E-state index contributed by atoms with van der Waals surface area (Å²) in [5.74, 6) is 0.715. The van der Waals surface area contributed by atoms with E-state index in [4.69, 9.17) is 0 Å². The molecule has 2 aliphatic rings. The standard InChI is InChI=1S/C24H32F3N5O/c1-4-5-16-13-31(15(2)3)10-9-21(16)32-11-8-20(23(32)33)30-22-18-12-17(24(25,26)27)6-7-19(18)28-14-29-22/h6-7,12,14-16,20-21H,4-5,8-11,13H2,1-3H3,(H,28,29,30)/t16-,20+,21+/m1/s1. The number of alkyl halides is 3. The number of fused-ring (bicyclic) bond motifs is 1.